The third kappa shape index (κ3) is 4.11. The molecule has 0 saturated heterocycles. The molecular weight excluding hydrogens is 277 g/mol. The van der Waals surface area contributed by atoms with Crippen molar-refractivity contribution >= 4 is 23.2 Å². The Morgan fingerprint density at radius 1 is 1.26 bits per heavy atom. The molecule has 1 saturated carbocycles. The van der Waals surface area contributed by atoms with E-state index in [-0.39, 0.29) is 0 Å². The summed E-state index contributed by atoms with van der Waals surface area (Å²) in [6.07, 6.45) is 3.54. The fraction of sp³-hybridized carbons (Fsp3) is 0.625. The summed E-state index contributed by atoms with van der Waals surface area (Å²) in [5.74, 6) is 0.760. The Balaban J connectivity index is 1.84. The van der Waals surface area contributed by atoms with E-state index in [9.17, 15) is 0 Å². The molecule has 2 rings (SSSR count). The van der Waals surface area contributed by atoms with E-state index in [0.29, 0.717) is 16.5 Å². The lowest BCUT2D eigenvalue weighted by Crippen LogP contribution is -2.33. The van der Waals surface area contributed by atoms with E-state index < -0.39 is 0 Å². The predicted molar refractivity (Wildman–Crippen MR) is 84.1 cm³/mol. The Labute approximate surface area is 126 Å². The molecule has 0 aromatic heterocycles. The normalized spacial score (nSPS) is 25.7. The van der Waals surface area contributed by atoms with Gasteiger partial charge >= 0.3 is 0 Å². The van der Waals surface area contributed by atoms with Gasteiger partial charge in [-0.3, -0.25) is 0 Å². The number of rotatable bonds is 4. The third-order valence-corrected chi connectivity index (χ3v) is 4.74. The molecule has 0 spiro atoms. The topological polar surface area (TPSA) is 12.0 Å². The fourth-order valence-corrected chi connectivity index (χ4v) is 3.79. The maximum Gasteiger partial charge on any atom is 0.0453 e. The predicted octanol–water partition coefficient (Wildman–Crippen LogP) is 4.95. The van der Waals surface area contributed by atoms with Gasteiger partial charge in [0.25, 0.3) is 0 Å². The van der Waals surface area contributed by atoms with Crippen LogP contribution in [0.1, 0.15) is 39.2 Å². The minimum Gasteiger partial charge on any atom is -0.313 e. The van der Waals surface area contributed by atoms with Crippen LogP contribution in [-0.4, -0.2) is 12.6 Å². The van der Waals surface area contributed by atoms with Gasteiger partial charge in [-0.2, -0.15) is 0 Å². The average molecular weight is 300 g/mol. The van der Waals surface area contributed by atoms with Crippen molar-refractivity contribution in [1.29, 1.82) is 0 Å². The number of hydrogen-bond acceptors (Lipinski definition) is 1. The lowest BCUT2D eigenvalue weighted by Gasteiger charge is -2.18. The zero-order valence-corrected chi connectivity index (χ0v) is 13.5. The smallest absolute Gasteiger partial charge is 0.0453 e. The first-order valence-corrected chi connectivity index (χ1v) is 7.80. The summed E-state index contributed by atoms with van der Waals surface area (Å²) in [7, 11) is 0. The lowest BCUT2D eigenvalue weighted by atomic mass is 9.91. The van der Waals surface area contributed by atoms with Crippen molar-refractivity contribution in [2.24, 2.45) is 11.3 Å². The number of nitrogens with one attached hydrogen (secondary N) is 1. The number of halogens is 2. The van der Waals surface area contributed by atoms with Gasteiger partial charge in [-0.1, -0.05) is 50.0 Å². The highest BCUT2D eigenvalue weighted by molar-refractivity contribution is 6.35. The van der Waals surface area contributed by atoms with E-state index in [1.165, 1.54) is 18.4 Å². The van der Waals surface area contributed by atoms with Crippen molar-refractivity contribution in [2.75, 3.05) is 6.54 Å². The van der Waals surface area contributed by atoms with Crippen LogP contribution >= 0.6 is 23.2 Å². The number of benzene rings is 1. The highest BCUT2D eigenvalue weighted by Crippen LogP contribution is 2.40. The standard InChI is InChI=1S/C16H23Cl2N/c1-11-9-16(2,3)10-15(11)19-7-6-12-4-5-13(17)8-14(12)18/h4-5,8,11,15,19H,6-7,9-10H2,1-3H3. The van der Waals surface area contributed by atoms with Crippen LogP contribution in [0.15, 0.2) is 18.2 Å². The van der Waals surface area contributed by atoms with Gasteiger partial charge in [-0.25, -0.2) is 0 Å². The maximum atomic E-state index is 6.19. The van der Waals surface area contributed by atoms with Crippen molar-refractivity contribution in [3.05, 3.63) is 33.8 Å². The molecule has 19 heavy (non-hydrogen) atoms. The zero-order valence-electron chi connectivity index (χ0n) is 12.0. The zero-order chi connectivity index (χ0) is 14.0. The molecule has 1 N–H and O–H groups in total. The van der Waals surface area contributed by atoms with Crippen LogP contribution in [0.2, 0.25) is 10.0 Å². The quantitative estimate of drug-likeness (QED) is 0.829. The Kier molecular flexibility index (Phi) is 4.81. The van der Waals surface area contributed by atoms with Gasteiger partial charge in [0.15, 0.2) is 0 Å². The van der Waals surface area contributed by atoms with E-state index in [4.69, 9.17) is 23.2 Å². The van der Waals surface area contributed by atoms with Crippen LogP contribution in [0.5, 0.6) is 0 Å². The van der Waals surface area contributed by atoms with Gasteiger partial charge < -0.3 is 5.32 Å². The molecular formula is C16H23Cl2N. The molecule has 3 heteroatoms. The second-order valence-corrected chi connectivity index (χ2v) is 7.44. The van der Waals surface area contributed by atoms with Crippen molar-refractivity contribution in [3.8, 4) is 0 Å². The molecule has 1 aliphatic rings. The molecule has 2 unspecified atom stereocenters. The molecule has 0 aliphatic heterocycles. The summed E-state index contributed by atoms with van der Waals surface area (Å²) in [6.45, 7) is 8.05. The summed E-state index contributed by atoms with van der Waals surface area (Å²) in [5, 5.41) is 5.16. The first-order valence-electron chi connectivity index (χ1n) is 7.05. The Morgan fingerprint density at radius 3 is 2.58 bits per heavy atom. The lowest BCUT2D eigenvalue weighted by molar-refractivity contribution is 0.362. The molecule has 0 heterocycles. The minimum atomic E-state index is 0.481. The van der Waals surface area contributed by atoms with Gasteiger partial charge in [0.05, 0.1) is 0 Å². The maximum absolute atomic E-state index is 6.19. The van der Waals surface area contributed by atoms with Gasteiger partial charge in [0.2, 0.25) is 0 Å². The Hall–Kier alpha value is -0.240. The van der Waals surface area contributed by atoms with Gasteiger partial charge in [0.1, 0.15) is 0 Å². The molecule has 0 bridgehead atoms. The van der Waals surface area contributed by atoms with Gasteiger partial charge in [0, 0.05) is 16.1 Å². The second-order valence-electron chi connectivity index (χ2n) is 6.60. The summed E-state index contributed by atoms with van der Waals surface area (Å²) in [4.78, 5) is 0. The molecule has 1 fully saturated rings. The average Bonchev–Trinajstić information content (AvgIpc) is 2.55. The molecule has 1 aromatic rings. The van der Waals surface area contributed by atoms with E-state index in [1.807, 2.05) is 18.2 Å². The molecule has 1 nitrogen and oxygen atoms in total. The monoisotopic (exact) mass is 299 g/mol. The molecule has 1 aliphatic carbocycles. The minimum absolute atomic E-state index is 0.481. The highest BCUT2D eigenvalue weighted by Gasteiger charge is 2.35. The van der Waals surface area contributed by atoms with Crippen molar-refractivity contribution < 1.29 is 0 Å². The van der Waals surface area contributed by atoms with Crippen LogP contribution in [0.25, 0.3) is 0 Å². The van der Waals surface area contributed by atoms with E-state index in [0.717, 1.165) is 23.9 Å². The highest BCUT2D eigenvalue weighted by atomic mass is 35.5. The second kappa shape index (κ2) is 6.03. The van der Waals surface area contributed by atoms with E-state index >= 15 is 0 Å². The molecule has 0 radical (unpaired) electrons. The summed E-state index contributed by atoms with van der Waals surface area (Å²) >= 11 is 12.1. The van der Waals surface area contributed by atoms with Gasteiger partial charge in [-0.05, 0) is 54.8 Å². The molecule has 2 atom stereocenters. The van der Waals surface area contributed by atoms with Crippen LogP contribution in [-0.2, 0) is 6.42 Å². The summed E-state index contributed by atoms with van der Waals surface area (Å²) < 4.78 is 0. The first-order chi connectivity index (χ1) is 8.87. The largest absolute Gasteiger partial charge is 0.313 e. The SMILES string of the molecule is CC1CC(C)(C)CC1NCCc1ccc(Cl)cc1Cl. The summed E-state index contributed by atoms with van der Waals surface area (Å²) in [6, 6.07) is 6.39. The van der Waals surface area contributed by atoms with Crippen LogP contribution in [0, 0.1) is 11.3 Å². The molecule has 0 amide bonds. The van der Waals surface area contributed by atoms with Gasteiger partial charge in [-0.15, -0.1) is 0 Å². The Bertz CT molecular complexity index is 442. The van der Waals surface area contributed by atoms with E-state index in [2.05, 4.69) is 26.1 Å². The fourth-order valence-electron chi connectivity index (χ4n) is 3.28. The molecule has 106 valence electrons. The molecule has 1 aromatic carbocycles. The van der Waals surface area contributed by atoms with Crippen molar-refractivity contribution in [2.45, 2.75) is 46.1 Å². The first kappa shape index (κ1) is 15.2. The Morgan fingerprint density at radius 2 is 2.00 bits per heavy atom. The number of hydrogen-bond donors (Lipinski definition) is 1. The van der Waals surface area contributed by atoms with Crippen LogP contribution in [0.4, 0.5) is 0 Å². The summed E-state index contributed by atoms with van der Waals surface area (Å²) in [5.41, 5.74) is 1.65. The van der Waals surface area contributed by atoms with Crippen LogP contribution < -0.4 is 5.32 Å². The van der Waals surface area contributed by atoms with Crippen molar-refractivity contribution in [1.82, 2.24) is 5.32 Å². The van der Waals surface area contributed by atoms with E-state index in [1.54, 1.807) is 0 Å². The third-order valence-electron chi connectivity index (χ3n) is 4.15. The van der Waals surface area contributed by atoms with Crippen molar-refractivity contribution in [3.63, 3.8) is 0 Å². The van der Waals surface area contributed by atoms with Crippen LogP contribution in [0.3, 0.4) is 0 Å².